The summed E-state index contributed by atoms with van der Waals surface area (Å²) in [5.74, 6) is -0.172. The van der Waals surface area contributed by atoms with Crippen LogP contribution in [0, 0.1) is 20.8 Å². The zero-order chi connectivity index (χ0) is 20.3. The predicted octanol–water partition coefficient (Wildman–Crippen LogP) is 5.65. The van der Waals surface area contributed by atoms with Crippen LogP contribution in [0.4, 0.5) is 10.8 Å². The van der Waals surface area contributed by atoms with Crippen LogP contribution in [0.3, 0.4) is 0 Å². The Morgan fingerprint density at radius 1 is 1.00 bits per heavy atom. The van der Waals surface area contributed by atoms with E-state index in [4.69, 9.17) is 0 Å². The molecule has 0 spiro atoms. The Labute approximate surface area is 169 Å². The van der Waals surface area contributed by atoms with Crippen LogP contribution in [0.5, 0.6) is 0 Å². The van der Waals surface area contributed by atoms with Crippen LogP contribution in [-0.4, -0.2) is 16.7 Å². The topological polar surface area (TPSA) is 50.3 Å². The molecule has 2 aromatic carbocycles. The molecule has 0 bridgehead atoms. The number of aryl methyl sites for hydroxylation is 3. The second-order valence-electron chi connectivity index (χ2n) is 6.69. The summed E-state index contributed by atoms with van der Waals surface area (Å²) in [6, 6.07) is 13.4. The predicted molar refractivity (Wildman–Crippen MR) is 115 cm³/mol. The van der Waals surface area contributed by atoms with E-state index in [1.807, 2.05) is 68.6 Å². The summed E-state index contributed by atoms with van der Waals surface area (Å²) < 4.78 is 0. The van der Waals surface area contributed by atoms with Gasteiger partial charge >= 0.3 is 0 Å². The van der Waals surface area contributed by atoms with E-state index in [1.165, 1.54) is 29.9 Å². The molecule has 4 nitrogen and oxygen atoms in total. The van der Waals surface area contributed by atoms with E-state index >= 15 is 0 Å². The molecule has 3 rings (SSSR count). The first-order valence-electron chi connectivity index (χ1n) is 8.98. The normalized spacial score (nSPS) is 11.0. The van der Waals surface area contributed by atoms with Crippen LogP contribution in [0.2, 0.25) is 0 Å². The van der Waals surface area contributed by atoms with Gasteiger partial charge in [0.1, 0.15) is 0 Å². The maximum atomic E-state index is 12.4. The summed E-state index contributed by atoms with van der Waals surface area (Å²) in [5.41, 5.74) is 5.34. The fourth-order valence-corrected chi connectivity index (χ4v) is 3.70. The monoisotopic (exact) mass is 390 g/mol. The fourth-order valence-electron chi connectivity index (χ4n) is 2.85. The van der Waals surface area contributed by atoms with Gasteiger partial charge in [-0.15, -0.1) is 11.3 Å². The molecule has 0 aliphatic carbocycles. The molecule has 0 fully saturated rings. The summed E-state index contributed by atoms with van der Waals surface area (Å²) in [7, 11) is 0. The summed E-state index contributed by atoms with van der Waals surface area (Å²) in [6.45, 7) is 7.49. The number of thiazole rings is 1. The van der Waals surface area contributed by atoms with E-state index in [0.29, 0.717) is 16.4 Å². The number of benzene rings is 2. The molecule has 0 aliphatic heterocycles. The zero-order valence-electron chi connectivity index (χ0n) is 16.4. The van der Waals surface area contributed by atoms with Crippen molar-refractivity contribution in [2.75, 3.05) is 4.90 Å². The Kier molecular flexibility index (Phi) is 5.85. The largest absolute Gasteiger partial charge is 0.289 e. The van der Waals surface area contributed by atoms with E-state index in [-0.39, 0.29) is 11.7 Å². The van der Waals surface area contributed by atoms with Gasteiger partial charge in [-0.05, 0) is 61.7 Å². The van der Waals surface area contributed by atoms with Gasteiger partial charge in [0.2, 0.25) is 5.91 Å². The summed E-state index contributed by atoms with van der Waals surface area (Å²) >= 11 is 1.37. The number of ketones is 1. The molecule has 0 saturated heterocycles. The number of anilines is 2. The van der Waals surface area contributed by atoms with E-state index in [9.17, 15) is 9.59 Å². The quantitative estimate of drug-likeness (QED) is 0.418. The van der Waals surface area contributed by atoms with Crippen molar-refractivity contribution in [1.29, 1.82) is 0 Å². The van der Waals surface area contributed by atoms with Crippen molar-refractivity contribution in [1.82, 2.24) is 4.98 Å². The van der Waals surface area contributed by atoms with Gasteiger partial charge in [-0.2, -0.15) is 0 Å². The minimum atomic E-state index is -0.107. The summed E-state index contributed by atoms with van der Waals surface area (Å²) in [6.07, 6.45) is 3.21. The summed E-state index contributed by atoms with van der Waals surface area (Å²) in [4.78, 5) is 30.8. The Morgan fingerprint density at radius 2 is 1.75 bits per heavy atom. The van der Waals surface area contributed by atoms with Crippen molar-refractivity contribution in [2.24, 2.45) is 0 Å². The minimum Gasteiger partial charge on any atom is -0.289 e. The first kappa shape index (κ1) is 19.7. The number of rotatable bonds is 5. The van der Waals surface area contributed by atoms with E-state index in [0.717, 1.165) is 16.8 Å². The maximum absolute atomic E-state index is 12.4. The van der Waals surface area contributed by atoms with Gasteiger partial charge in [-0.1, -0.05) is 30.3 Å². The standard InChI is InChI=1S/C23H22N2O2S/c1-15-9-11-20(13-17(15)3)25(18(4)26)23-24-19(14-28-23)10-12-22(27)21-8-6-5-7-16(21)2/h5-14H,1-4H3/b12-10+. The average Bonchev–Trinajstić information content (AvgIpc) is 3.11. The Balaban J connectivity index is 1.85. The number of amides is 1. The molecule has 28 heavy (non-hydrogen) atoms. The molecule has 0 N–H and O–H groups in total. The Hall–Kier alpha value is -3.05. The first-order valence-corrected chi connectivity index (χ1v) is 9.86. The lowest BCUT2D eigenvalue weighted by atomic mass is 10.0. The number of aromatic nitrogens is 1. The number of nitrogens with zero attached hydrogens (tertiary/aromatic N) is 2. The highest BCUT2D eigenvalue weighted by Gasteiger charge is 2.18. The lowest BCUT2D eigenvalue weighted by Gasteiger charge is -2.19. The van der Waals surface area contributed by atoms with Gasteiger partial charge in [-0.25, -0.2) is 4.98 Å². The molecule has 1 amide bonds. The molecule has 0 saturated carbocycles. The molecule has 1 heterocycles. The fraction of sp³-hybridized carbons (Fsp3) is 0.174. The van der Waals surface area contributed by atoms with Crippen LogP contribution >= 0.6 is 11.3 Å². The van der Waals surface area contributed by atoms with Crippen LogP contribution in [0.1, 0.15) is 39.7 Å². The molecule has 1 aromatic heterocycles. The van der Waals surface area contributed by atoms with Crippen molar-refractivity contribution in [2.45, 2.75) is 27.7 Å². The van der Waals surface area contributed by atoms with Crippen LogP contribution in [0.25, 0.3) is 6.08 Å². The average molecular weight is 391 g/mol. The number of hydrogen-bond donors (Lipinski definition) is 0. The Morgan fingerprint density at radius 3 is 2.43 bits per heavy atom. The zero-order valence-corrected chi connectivity index (χ0v) is 17.2. The van der Waals surface area contributed by atoms with Crippen LogP contribution < -0.4 is 4.90 Å². The second kappa shape index (κ2) is 8.31. The van der Waals surface area contributed by atoms with E-state index in [2.05, 4.69) is 4.98 Å². The van der Waals surface area contributed by atoms with Crippen molar-refractivity contribution in [3.8, 4) is 0 Å². The lowest BCUT2D eigenvalue weighted by Crippen LogP contribution is -2.22. The highest BCUT2D eigenvalue weighted by Crippen LogP contribution is 2.30. The van der Waals surface area contributed by atoms with E-state index < -0.39 is 0 Å². The molecule has 142 valence electrons. The van der Waals surface area contributed by atoms with Crippen molar-refractivity contribution >= 4 is 39.9 Å². The Bertz CT molecular complexity index is 1070. The molecule has 5 heteroatoms. The minimum absolute atomic E-state index is 0.0646. The number of carbonyl (C=O) groups is 2. The molecule has 0 radical (unpaired) electrons. The lowest BCUT2D eigenvalue weighted by molar-refractivity contribution is -0.115. The molecular weight excluding hydrogens is 368 g/mol. The van der Waals surface area contributed by atoms with Gasteiger partial charge in [0.25, 0.3) is 0 Å². The smallest absolute Gasteiger partial charge is 0.230 e. The molecular formula is C23H22N2O2S. The van der Waals surface area contributed by atoms with Crippen molar-refractivity contribution < 1.29 is 9.59 Å². The van der Waals surface area contributed by atoms with Gasteiger partial charge < -0.3 is 0 Å². The number of hydrogen-bond acceptors (Lipinski definition) is 4. The van der Waals surface area contributed by atoms with Crippen LogP contribution in [-0.2, 0) is 4.79 Å². The van der Waals surface area contributed by atoms with E-state index in [1.54, 1.807) is 11.0 Å². The SMILES string of the molecule is CC(=O)N(c1ccc(C)c(C)c1)c1nc(/C=C/C(=O)c2ccccc2C)cs1. The summed E-state index contributed by atoms with van der Waals surface area (Å²) in [5, 5.41) is 2.42. The highest BCUT2D eigenvalue weighted by atomic mass is 32.1. The van der Waals surface area contributed by atoms with Crippen LogP contribution in [0.15, 0.2) is 53.9 Å². The third kappa shape index (κ3) is 4.26. The van der Waals surface area contributed by atoms with Gasteiger partial charge in [0.05, 0.1) is 11.4 Å². The van der Waals surface area contributed by atoms with Gasteiger partial charge in [-0.3, -0.25) is 14.5 Å². The molecule has 0 unspecified atom stereocenters. The maximum Gasteiger partial charge on any atom is 0.230 e. The number of carbonyl (C=O) groups excluding carboxylic acids is 2. The first-order chi connectivity index (χ1) is 13.4. The third-order valence-corrected chi connectivity index (χ3v) is 5.42. The molecule has 3 aromatic rings. The molecule has 0 atom stereocenters. The van der Waals surface area contributed by atoms with Crippen molar-refractivity contribution in [3.05, 3.63) is 81.9 Å². The van der Waals surface area contributed by atoms with Gasteiger partial charge in [0.15, 0.2) is 10.9 Å². The van der Waals surface area contributed by atoms with Crippen molar-refractivity contribution in [3.63, 3.8) is 0 Å². The van der Waals surface area contributed by atoms with Gasteiger partial charge in [0, 0.05) is 17.9 Å². The molecule has 0 aliphatic rings. The highest BCUT2D eigenvalue weighted by molar-refractivity contribution is 7.14. The third-order valence-electron chi connectivity index (χ3n) is 4.58. The number of allylic oxidation sites excluding steroid dienone is 1. The second-order valence-corrected chi connectivity index (χ2v) is 7.53.